The van der Waals surface area contributed by atoms with Crippen molar-refractivity contribution in [3.63, 3.8) is 0 Å². The van der Waals surface area contributed by atoms with E-state index in [4.69, 9.17) is 4.74 Å². The van der Waals surface area contributed by atoms with Gasteiger partial charge in [-0.2, -0.15) is 5.10 Å². The van der Waals surface area contributed by atoms with Crippen molar-refractivity contribution in [3.05, 3.63) is 76.5 Å². The highest BCUT2D eigenvalue weighted by atomic mass is 32.2. The highest BCUT2D eigenvalue weighted by molar-refractivity contribution is 7.92. The normalized spacial score (nSPS) is 11.8. The quantitative estimate of drug-likeness (QED) is 0.374. The van der Waals surface area contributed by atoms with Gasteiger partial charge in [-0.15, -0.1) is 11.3 Å². The molecule has 0 aliphatic heterocycles. The summed E-state index contributed by atoms with van der Waals surface area (Å²) >= 11 is 1.50. The molecule has 1 N–H and O–H groups in total. The van der Waals surface area contributed by atoms with Gasteiger partial charge in [-0.05, 0) is 68.6 Å². The molecule has 3 aromatic rings. The van der Waals surface area contributed by atoms with Crippen molar-refractivity contribution in [1.29, 1.82) is 0 Å². The van der Waals surface area contributed by atoms with Crippen LogP contribution in [0.3, 0.4) is 0 Å². The van der Waals surface area contributed by atoms with E-state index in [2.05, 4.69) is 10.5 Å². The van der Waals surface area contributed by atoms with Gasteiger partial charge in [0, 0.05) is 4.88 Å². The predicted octanol–water partition coefficient (Wildman–Crippen LogP) is 4.19. The van der Waals surface area contributed by atoms with Crippen LogP contribution in [0.5, 0.6) is 5.75 Å². The van der Waals surface area contributed by atoms with Gasteiger partial charge in [0.2, 0.25) is 0 Å². The Hall–Kier alpha value is -3.17. The lowest BCUT2D eigenvalue weighted by Gasteiger charge is -2.24. The molecule has 7 nitrogen and oxygen atoms in total. The van der Waals surface area contributed by atoms with Crippen molar-refractivity contribution in [3.8, 4) is 5.75 Å². The van der Waals surface area contributed by atoms with Gasteiger partial charge in [-0.3, -0.25) is 9.10 Å². The van der Waals surface area contributed by atoms with Gasteiger partial charge >= 0.3 is 0 Å². The Bertz CT molecular complexity index is 1170. The van der Waals surface area contributed by atoms with Gasteiger partial charge in [0.05, 0.1) is 22.9 Å². The number of hydrogen-bond donors (Lipinski definition) is 1. The lowest BCUT2D eigenvalue weighted by atomic mass is 10.2. The minimum absolute atomic E-state index is 0.0626. The molecule has 1 aromatic heterocycles. The van der Waals surface area contributed by atoms with Gasteiger partial charge in [0.1, 0.15) is 12.3 Å². The Kier molecular flexibility index (Phi) is 7.66. The molecule has 0 aliphatic carbocycles. The van der Waals surface area contributed by atoms with Crippen LogP contribution >= 0.6 is 11.3 Å². The van der Waals surface area contributed by atoms with Crippen LogP contribution in [0.25, 0.3) is 0 Å². The van der Waals surface area contributed by atoms with Gasteiger partial charge in [0.15, 0.2) is 0 Å². The number of benzene rings is 2. The third kappa shape index (κ3) is 5.74. The average Bonchev–Trinajstić information content (AvgIpc) is 3.32. The molecule has 168 valence electrons. The summed E-state index contributed by atoms with van der Waals surface area (Å²) in [4.78, 5) is 13.6. The molecular weight excluding hydrogens is 446 g/mol. The molecule has 0 spiro atoms. The summed E-state index contributed by atoms with van der Waals surface area (Å²) in [6.45, 7) is 5.60. The van der Waals surface area contributed by atoms with Crippen LogP contribution in [0.1, 0.15) is 24.3 Å². The molecule has 0 radical (unpaired) electrons. The molecule has 0 aliphatic rings. The van der Waals surface area contributed by atoms with Crippen LogP contribution in [0.15, 0.2) is 76.0 Å². The molecule has 0 fully saturated rings. The Morgan fingerprint density at radius 3 is 2.38 bits per heavy atom. The number of hydrogen-bond acceptors (Lipinski definition) is 6. The minimum atomic E-state index is -4.00. The Balaban J connectivity index is 1.87. The van der Waals surface area contributed by atoms with Crippen molar-refractivity contribution in [2.45, 2.75) is 25.7 Å². The van der Waals surface area contributed by atoms with Crippen molar-refractivity contribution in [2.24, 2.45) is 5.10 Å². The Morgan fingerprint density at radius 2 is 1.78 bits per heavy atom. The SMILES string of the molecule is CCOc1ccc(S(=O)(=O)N(CC(=O)NN=C(C)c2cccs2)c2ccc(C)cc2)cc1. The van der Waals surface area contributed by atoms with Crippen LogP contribution in [0, 0.1) is 6.92 Å². The van der Waals surface area contributed by atoms with E-state index in [9.17, 15) is 13.2 Å². The van der Waals surface area contributed by atoms with Gasteiger partial charge < -0.3 is 4.74 Å². The topological polar surface area (TPSA) is 88.1 Å². The van der Waals surface area contributed by atoms with Crippen LogP contribution < -0.4 is 14.5 Å². The fourth-order valence-corrected chi connectivity index (χ4v) is 4.98. The molecule has 9 heteroatoms. The summed E-state index contributed by atoms with van der Waals surface area (Å²) in [7, 11) is -4.00. The number of aryl methyl sites for hydroxylation is 1. The number of carbonyl (C=O) groups excluding carboxylic acids is 1. The van der Waals surface area contributed by atoms with E-state index < -0.39 is 22.5 Å². The highest BCUT2D eigenvalue weighted by Crippen LogP contribution is 2.25. The number of anilines is 1. The molecular formula is C23H25N3O4S2. The molecule has 2 aromatic carbocycles. The zero-order valence-electron chi connectivity index (χ0n) is 18.1. The Labute approximate surface area is 192 Å². The van der Waals surface area contributed by atoms with E-state index in [1.807, 2.05) is 31.4 Å². The van der Waals surface area contributed by atoms with Crippen LogP contribution in [0.2, 0.25) is 0 Å². The van der Waals surface area contributed by atoms with Crippen molar-refractivity contribution < 1.29 is 17.9 Å². The molecule has 0 saturated carbocycles. The number of ether oxygens (including phenoxy) is 1. The number of hydrazone groups is 1. The number of sulfonamides is 1. The molecule has 0 unspecified atom stereocenters. The molecule has 3 rings (SSSR count). The number of rotatable bonds is 9. The van der Waals surface area contributed by atoms with Crippen molar-refractivity contribution in [2.75, 3.05) is 17.5 Å². The maximum Gasteiger partial charge on any atom is 0.264 e. The van der Waals surface area contributed by atoms with Gasteiger partial charge in [0.25, 0.3) is 15.9 Å². The van der Waals surface area contributed by atoms with Crippen LogP contribution in [-0.2, 0) is 14.8 Å². The number of thiophene rings is 1. The number of amides is 1. The number of nitrogens with one attached hydrogen (secondary N) is 1. The van der Waals surface area contributed by atoms with Gasteiger partial charge in [-0.25, -0.2) is 13.8 Å². The minimum Gasteiger partial charge on any atom is -0.494 e. The second-order valence-corrected chi connectivity index (χ2v) is 9.77. The van der Waals surface area contributed by atoms with E-state index in [0.717, 1.165) is 14.7 Å². The van der Waals surface area contributed by atoms with E-state index in [0.29, 0.717) is 23.8 Å². The summed E-state index contributed by atoms with van der Waals surface area (Å²) in [5.41, 5.74) is 4.47. The summed E-state index contributed by atoms with van der Waals surface area (Å²) < 4.78 is 33.3. The monoisotopic (exact) mass is 471 g/mol. The number of nitrogens with zero attached hydrogens (tertiary/aromatic N) is 2. The third-order valence-electron chi connectivity index (χ3n) is 4.56. The summed E-state index contributed by atoms with van der Waals surface area (Å²) in [5, 5.41) is 6.02. The molecule has 1 heterocycles. The second-order valence-electron chi connectivity index (χ2n) is 6.96. The maximum absolute atomic E-state index is 13.4. The molecule has 1 amide bonds. The first-order valence-corrected chi connectivity index (χ1v) is 12.3. The summed E-state index contributed by atoms with van der Waals surface area (Å²) in [5.74, 6) is 0.0282. The Morgan fingerprint density at radius 1 is 1.09 bits per heavy atom. The molecule has 32 heavy (non-hydrogen) atoms. The van der Waals surface area contributed by atoms with E-state index in [1.165, 1.54) is 23.5 Å². The van der Waals surface area contributed by atoms with Crippen molar-refractivity contribution >= 4 is 38.7 Å². The van der Waals surface area contributed by atoms with Crippen LogP contribution in [-0.4, -0.2) is 33.2 Å². The molecule has 0 bridgehead atoms. The van der Waals surface area contributed by atoms with E-state index in [1.54, 1.807) is 43.3 Å². The zero-order chi connectivity index (χ0) is 23.1. The smallest absolute Gasteiger partial charge is 0.264 e. The van der Waals surface area contributed by atoms with E-state index >= 15 is 0 Å². The largest absolute Gasteiger partial charge is 0.494 e. The fourth-order valence-electron chi connectivity index (χ4n) is 2.88. The van der Waals surface area contributed by atoms with E-state index in [-0.39, 0.29) is 4.90 Å². The third-order valence-corrected chi connectivity index (χ3v) is 7.32. The summed E-state index contributed by atoms with van der Waals surface area (Å²) in [6, 6.07) is 16.9. The first kappa shape index (κ1) is 23.5. The van der Waals surface area contributed by atoms with Gasteiger partial charge in [-0.1, -0.05) is 23.8 Å². The number of carbonyl (C=O) groups is 1. The first-order chi connectivity index (χ1) is 15.3. The van der Waals surface area contributed by atoms with Crippen LogP contribution in [0.4, 0.5) is 5.69 Å². The lowest BCUT2D eigenvalue weighted by molar-refractivity contribution is -0.119. The average molecular weight is 472 g/mol. The highest BCUT2D eigenvalue weighted by Gasteiger charge is 2.27. The molecule has 0 atom stereocenters. The van der Waals surface area contributed by atoms with Crippen molar-refractivity contribution in [1.82, 2.24) is 5.43 Å². The standard InChI is InChI=1S/C23H25N3O4S2/c1-4-30-20-11-13-21(14-12-20)32(28,29)26(19-9-7-17(2)8-10-19)16-23(27)25-24-18(3)22-6-5-15-31-22/h5-15H,4,16H2,1-3H3,(H,25,27). The lowest BCUT2D eigenvalue weighted by Crippen LogP contribution is -2.39. The maximum atomic E-state index is 13.4. The molecule has 0 saturated heterocycles. The second kappa shape index (κ2) is 10.4. The summed E-state index contributed by atoms with van der Waals surface area (Å²) in [6.07, 6.45) is 0. The zero-order valence-corrected chi connectivity index (χ0v) is 19.7. The first-order valence-electron chi connectivity index (χ1n) is 10.0. The fraction of sp³-hybridized carbons (Fsp3) is 0.217. The predicted molar refractivity (Wildman–Crippen MR) is 128 cm³/mol.